The zero-order valence-electron chi connectivity index (χ0n) is 13.4. The lowest BCUT2D eigenvalue weighted by Crippen LogP contribution is -2.47. The highest BCUT2D eigenvalue weighted by atomic mass is 16.5. The molecule has 0 spiro atoms. The maximum Gasteiger partial charge on any atom is 0.257 e. The number of fused-ring (bicyclic) bond motifs is 1. The van der Waals surface area contributed by atoms with E-state index < -0.39 is 0 Å². The van der Waals surface area contributed by atoms with Gasteiger partial charge in [-0.2, -0.15) is 0 Å². The zero-order valence-corrected chi connectivity index (χ0v) is 13.4. The van der Waals surface area contributed by atoms with Gasteiger partial charge in [-0.15, -0.1) is 0 Å². The third-order valence-corrected chi connectivity index (χ3v) is 4.79. The van der Waals surface area contributed by atoms with E-state index in [1.54, 1.807) is 4.90 Å². The van der Waals surface area contributed by atoms with Gasteiger partial charge in [0.05, 0.1) is 0 Å². The number of ether oxygens (including phenoxy) is 1. The Morgan fingerprint density at radius 2 is 2.09 bits per heavy atom. The van der Waals surface area contributed by atoms with Crippen LogP contribution in [0.15, 0.2) is 42.1 Å². The van der Waals surface area contributed by atoms with Crippen molar-refractivity contribution in [3.05, 3.63) is 42.1 Å². The molecule has 122 valence electrons. The molecular formula is C18H22N2O3. The Kier molecular flexibility index (Phi) is 4.37. The lowest BCUT2D eigenvalue weighted by Gasteiger charge is -2.41. The van der Waals surface area contributed by atoms with Crippen LogP contribution in [0.1, 0.15) is 25.7 Å². The molecule has 1 N–H and O–H groups in total. The number of hydrogen-bond acceptors (Lipinski definition) is 3. The van der Waals surface area contributed by atoms with Gasteiger partial charge in [-0.3, -0.25) is 9.59 Å². The second kappa shape index (κ2) is 6.44. The standard InChI is InChI=1S/C18H22N2O3/c1-20-15-8-5-10-18(15,11-9-17(20)22)13-19-16(21)12-23-14-6-3-2-4-7-14/h2-4,6-8H,5,9-13H2,1H3,(H,19,21). The summed E-state index contributed by atoms with van der Waals surface area (Å²) in [6.45, 7) is 0.571. The van der Waals surface area contributed by atoms with Crippen molar-refractivity contribution in [1.82, 2.24) is 10.2 Å². The molecule has 1 aromatic carbocycles. The number of hydrogen-bond donors (Lipinski definition) is 1. The molecule has 0 aromatic heterocycles. The Morgan fingerprint density at radius 1 is 1.30 bits per heavy atom. The number of rotatable bonds is 5. The summed E-state index contributed by atoms with van der Waals surface area (Å²) in [5, 5.41) is 2.98. The molecule has 1 fully saturated rings. The van der Waals surface area contributed by atoms with Crippen LogP contribution < -0.4 is 10.1 Å². The van der Waals surface area contributed by atoms with Crippen molar-refractivity contribution in [2.75, 3.05) is 20.2 Å². The number of nitrogens with zero attached hydrogens (tertiary/aromatic N) is 1. The third kappa shape index (κ3) is 3.23. The normalized spacial score (nSPS) is 23.3. The fraction of sp³-hybridized carbons (Fsp3) is 0.444. The van der Waals surface area contributed by atoms with Crippen molar-refractivity contribution in [3.8, 4) is 5.75 Å². The molecule has 0 radical (unpaired) electrons. The first kappa shape index (κ1) is 15.6. The molecule has 2 amide bonds. The molecule has 23 heavy (non-hydrogen) atoms. The van der Waals surface area contributed by atoms with Crippen LogP contribution in [0.25, 0.3) is 0 Å². The minimum atomic E-state index is -0.131. The van der Waals surface area contributed by atoms with E-state index in [1.165, 1.54) is 0 Å². The van der Waals surface area contributed by atoms with Gasteiger partial charge >= 0.3 is 0 Å². The predicted octanol–water partition coefficient (Wildman–Crippen LogP) is 2.10. The van der Waals surface area contributed by atoms with Gasteiger partial charge in [0, 0.05) is 31.1 Å². The number of carbonyl (C=O) groups is 2. The second-order valence-electron chi connectivity index (χ2n) is 6.24. The predicted molar refractivity (Wildman–Crippen MR) is 86.7 cm³/mol. The van der Waals surface area contributed by atoms with Crippen molar-refractivity contribution in [2.45, 2.75) is 25.7 Å². The number of benzene rings is 1. The molecule has 3 rings (SSSR count). The van der Waals surface area contributed by atoms with Gasteiger partial charge in [0.15, 0.2) is 6.61 Å². The van der Waals surface area contributed by atoms with Crippen LogP contribution in [0, 0.1) is 5.41 Å². The van der Waals surface area contributed by atoms with Crippen LogP contribution in [0.5, 0.6) is 5.75 Å². The Hall–Kier alpha value is -2.30. The van der Waals surface area contributed by atoms with E-state index in [-0.39, 0.29) is 23.8 Å². The molecule has 5 heteroatoms. The average molecular weight is 314 g/mol. The van der Waals surface area contributed by atoms with Gasteiger partial charge in [-0.25, -0.2) is 0 Å². The third-order valence-electron chi connectivity index (χ3n) is 4.79. The lowest BCUT2D eigenvalue weighted by atomic mass is 9.77. The minimum absolute atomic E-state index is 0.00785. The van der Waals surface area contributed by atoms with Gasteiger partial charge in [-0.05, 0) is 31.4 Å². The second-order valence-corrected chi connectivity index (χ2v) is 6.24. The van der Waals surface area contributed by atoms with Crippen LogP contribution in [0.4, 0.5) is 0 Å². The van der Waals surface area contributed by atoms with Crippen LogP contribution in [0.3, 0.4) is 0 Å². The minimum Gasteiger partial charge on any atom is -0.484 e. The number of carbonyl (C=O) groups excluding carboxylic acids is 2. The Bertz CT molecular complexity index is 626. The van der Waals surface area contributed by atoms with Crippen LogP contribution in [-0.2, 0) is 9.59 Å². The summed E-state index contributed by atoms with van der Waals surface area (Å²) >= 11 is 0. The molecule has 2 aliphatic rings. The highest BCUT2D eigenvalue weighted by Crippen LogP contribution is 2.46. The van der Waals surface area contributed by atoms with Crippen molar-refractivity contribution >= 4 is 11.8 Å². The van der Waals surface area contributed by atoms with E-state index in [1.807, 2.05) is 37.4 Å². The van der Waals surface area contributed by atoms with Crippen molar-refractivity contribution < 1.29 is 14.3 Å². The van der Waals surface area contributed by atoms with Gasteiger partial charge in [-0.1, -0.05) is 24.3 Å². The van der Waals surface area contributed by atoms with Crippen LogP contribution >= 0.6 is 0 Å². The SMILES string of the molecule is CN1C(=O)CCC2(CNC(=O)COc3ccccc3)CCC=C12. The van der Waals surface area contributed by atoms with Crippen LogP contribution in [0.2, 0.25) is 0 Å². The summed E-state index contributed by atoms with van der Waals surface area (Å²) in [6.07, 6.45) is 5.43. The highest BCUT2D eigenvalue weighted by molar-refractivity contribution is 5.80. The smallest absolute Gasteiger partial charge is 0.257 e. The molecule has 1 aliphatic heterocycles. The number of amides is 2. The van der Waals surface area contributed by atoms with E-state index in [9.17, 15) is 9.59 Å². The number of para-hydroxylation sites is 1. The van der Waals surface area contributed by atoms with Crippen molar-refractivity contribution in [3.63, 3.8) is 0 Å². The van der Waals surface area contributed by atoms with Gasteiger partial charge in [0.1, 0.15) is 5.75 Å². The van der Waals surface area contributed by atoms with Crippen LogP contribution in [-0.4, -0.2) is 36.9 Å². The first-order valence-electron chi connectivity index (χ1n) is 8.02. The molecule has 0 saturated carbocycles. The van der Waals surface area contributed by atoms with E-state index in [0.717, 1.165) is 25.0 Å². The topological polar surface area (TPSA) is 58.6 Å². The quantitative estimate of drug-likeness (QED) is 0.905. The molecule has 1 aliphatic carbocycles. The van der Waals surface area contributed by atoms with E-state index >= 15 is 0 Å². The average Bonchev–Trinajstić information content (AvgIpc) is 3.01. The zero-order chi connectivity index (χ0) is 16.3. The Morgan fingerprint density at radius 3 is 2.87 bits per heavy atom. The van der Waals surface area contributed by atoms with Crippen molar-refractivity contribution in [1.29, 1.82) is 0 Å². The fourth-order valence-electron chi connectivity index (χ4n) is 3.48. The van der Waals surface area contributed by atoms with E-state index in [2.05, 4.69) is 11.4 Å². The monoisotopic (exact) mass is 314 g/mol. The number of allylic oxidation sites excluding steroid dienone is 1. The maximum atomic E-state index is 12.1. The van der Waals surface area contributed by atoms with Gasteiger partial charge in [0.2, 0.25) is 5.91 Å². The summed E-state index contributed by atoms with van der Waals surface area (Å²) in [6, 6.07) is 9.30. The van der Waals surface area contributed by atoms with Gasteiger partial charge < -0.3 is 15.0 Å². The molecule has 1 unspecified atom stereocenters. The molecular weight excluding hydrogens is 292 g/mol. The summed E-state index contributed by atoms with van der Waals surface area (Å²) < 4.78 is 5.46. The summed E-state index contributed by atoms with van der Waals surface area (Å²) in [4.78, 5) is 25.7. The molecule has 0 bridgehead atoms. The summed E-state index contributed by atoms with van der Waals surface area (Å²) in [5.74, 6) is 0.715. The lowest BCUT2D eigenvalue weighted by molar-refractivity contribution is -0.132. The number of nitrogens with one attached hydrogen (secondary N) is 1. The van der Waals surface area contributed by atoms with Gasteiger partial charge in [0.25, 0.3) is 5.91 Å². The molecule has 1 atom stereocenters. The Balaban J connectivity index is 1.54. The summed E-state index contributed by atoms with van der Waals surface area (Å²) in [5.41, 5.74) is 0.975. The van der Waals surface area contributed by atoms with E-state index in [0.29, 0.717) is 18.7 Å². The molecule has 1 heterocycles. The first-order valence-corrected chi connectivity index (χ1v) is 8.02. The first-order chi connectivity index (χ1) is 11.1. The largest absolute Gasteiger partial charge is 0.484 e. The number of piperidine rings is 1. The maximum absolute atomic E-state index is 12.1. The Labute approximate surface area is 136 Å². The summed E-state index contributed by atoms with van der Waals surface area (Å²) in [7, 11) is 1.83. The fourth-order valence-corrected chi connectivity index (χ4v) is 3.48. The molecule has 1 saturated heterocycles. The number of likely N-dealkylation sites (tertiary alicyclic amines) is 1. The highest BCUT2D eigenvalue weighted by Gasteiger charge is 2.44. The molecule has 5 nitrogen and oxygen atoms in total. The van der Waals surface area contributed by atoms with E-state index in [4.69, 9.17) is 4.74 Å². The molecule has 1 aromatic rings. The van der Waals surface area contributed by atoms with Crippen molar-refractivity contribution in [2.24, 2.45) is 5.41 Å².